The first-order chi connectivity index (χ1) is 12.1. The highest BCUT2D eigenvalue weighted by Crippen LogP contribution is 2.34. The topological polar surface area (TPSA) is 61.2 Å². The lowest BCUT2D eigenvalue weighted by atomic mass is 9.88. The molecule has 5 heteroatoms. The van der Waals surface area contributed by atoms with Crippen LogP contribution in [0.4, 0.5) is 0 Å². The Morgan fingerprint density at radius 1 is 0.880 bits per heavy atom. The van der Waals surface area contributed by atoms with E-state index in [1.54, 1.807) is 24.3 Å². The van der Waals surface area contributed by atoms with E-state index in [1.165, 1.54) is 4.68 Å². The van der Waals surface area contributed by atoms with Crippen molar-refractivity contribution in [2.75, 3.05) is 0 Å². The van der Waals surface area contributed by atoms with Crippen LogP contribution in [0, 0.1) is 0 Å². The number of carbonyl (C=O) groups excluding carboxylic acids is 2. The van der Waals surface area contributed by atoms with Gasteiger partial charge in [0, 0.05) is 11.1 Å². The summed E-state index contributed by atoms with van der Waals surface area (Å²) in [4.78, 5) is 26.1. The normalized spacial score (nSPS) is 12.9. The zero-order chi connectivity index (χ0) is 17.6. The van der Waals surface area contributed by atoms with E-state index in [1.807, 2.05) is 44.2 Å². The summed E-state index contributed by atoms with van der Waals surface area (Å²) < 4.78 is 7.25. The molecule has 0 radical (unpaired) electrons. The second-order valence-corrected chi connectivity index (χ2v) is 6.15. The smallest absolute Gasteiger partial charge is 0.245 e. The molecule has 0 N–H and O–H groups in total. The molecular formula is C20H16N2O3. The summed E-state index contributed by atoms with van der Waals surface area (Å²) in [6.45, 7) is 3.72. The molecule has 1 aliphatic rings. The maximum Gasteiger partial charge on any atom is 0.245 e. The Balaban J connectivity index is 2.00. The number of aromatic nitrogens is 2. The number of ether oxygens (including phenoxy) is 1. The maximum absolute atomic E-state index is 13.1. The van der Waals surface area contributed by atoms with Gasteiger partial charge in [-0.1, -0.05) is 42.5 Å². The van der Waals surface area contributed by atoms with E-state index in [0.717, 1.165) is 0 Å². The van der Waals surface area contributed by atoms with E-state index in [0.29, 0.717) is 16.8 Å². The summed E-state index contributed by atoms with van der Waals surface area (Å²) in [5.41, 5.74) is 1.99. The number of benzene rings is 2. The van der Waals surface area contributed by atoms with E-state index >= 15 is 0 Å². The molecule has 0 unspecified atom stereocenters. The van der Waals surface area contributed by atoms with Crippen LogP contribution in [0.25, 0.3) is 5.69 Å². The monoisotopic (exact) mass is 332 g/mol. The molecule has 0 saturated heterocycles. The second kappa shape index (κ2) is 5.70. The van der Waals surface area contributed by atoms with Crippen molar-refractivity contribution in [1.29, 1.82) is 0 Å². The van der Waals surface area contributed by atoms with Gasteiger partial charge in [-0.15, -0.1) is 5.10 Å². The zero-order valence-electron chi connectivity index (χ0n) is 13.9. The summed E-state index contributed by atoms with van der Waals surface area (Å²) >= 11 is 0. The van der Waals surface area contributed by atoms with Crippen molar-refractivity contribution in [3.8, 4) is 11.6 Å². The standard InChI is InChI=1S/C20H16N2O3/c1-12(2)25-20-16-17(22(21-20)13-8-4-3-5-9-13)19(24)15-11-7-6-10-14(15)18(16)23/h3-12H,1-2H3. The van der Waals surface area contributed by atoms with Crippen molar-refractivity contribution >= 4 is 11.6 Å². The molecule has 0 saturated carbocycles. The SMILES string of the molecule is CC(C)Oc1nn(-c2ccccc2)c2c1C(=O)c1ccccc1C2=O. The van der Waals surface area contributed by atoms with Crippen molar-refractivity contribution in [1.82, 2.24) is 9.78 Å². The van der Waals surface area contributed by atoms with Gasteiger partial charge in [-0.05, 0) is 26.0 Å². The summed E-state index contributed by atoms with van der Waals surface area (Å²) in [5, 5.41) is 4.44. The van der Waals surface area contributed by atoms with Crippen LogP contribution in [0.3, 0.4) is 0 Å². The third-order valence-electron chi connectivity index (χ3n) is 4.06. The lowest BCUT2D eigenvalue weighted by molar-refractivity contribution is 0.0971. The van der Waals surface area contributed by atoms with Crippen LogP contribution in [-0.2, 0) is 0 Å². The molecule has 2 aromatic carbocycles. The summed E-state index contributed by atoms with van der Waals surface area (Å²) in [6, 6.07) is 16.1. The number of ketones is 2. The highest BCUT2D eigenvalue weighted by molar-refractivity contribution is 6.28. The van der Waals surface area contributed by atoms with Crippen molar-refractivity contribution in [3.63, 3.8) is 0 Å². The number of fused-ring (bicyclic) bond motifs is 2. The molecule has 4 rings (SSSR count). The predicted octanol–water partition coefficient (Wildman–Crippen LogP) is 3.43. The molecule has 0 amide bonds. The van der Waals surface area contributed by atoms with Crippen LogP contribution in [0.2, 0.25) is 0 Å². The van der Waals surface area contributed by atoms with Gasteiger partial charge < -0.3 is 4.74 Å². The van der Waals surface area contributed by atoms with E-state index in [-0.39, 0.29) is 34.8 Å². The Bertz CT molecular complexity index is 987. The van der Waals surface area contributed by atoms with Gasteiger partial charge in [-0.2, -0.15) is 0 Å². The summed E-state index contributed by atoms with van der Waals surface area (Å²) in [7, 11) is 0. The predicted molar refractivity (Wildman–Crippen MR) is 92.6 cm³/mol. The van der Waals surface area contributed by atoms with Crippen molar-refractivity contribution in [2.45, 2.75) is 20.0 Å². The first-order valence-electron chi connectivity index (χ1n) is 8.11. The third kappa shape index (κ3) is 2.36. The van der Waals surface area contributed by atoms with Gasteiger partial charge in [-0.3, -0.25) is 9.59 Å². The minimum absolute atomic E-state index is 0.164. The van der Waals surface area contributed by atoms with Crippen molar-refractivity contribution in [2.24, 2.45) is 0 Å². The van der Waals surface area contributed by atoms with E-state index < -0.39 is 0 Å². The molecule has 5 nitrogen and oxygen atoms in total. The minimum Gasteiger partial charge on any atom is -0.473 e. The highest BCUT2D eigenvalue weighted by Gasteiger charge is 2.37. The molecule has 0 aliphatic heterocycles. The van der Waals surface area contributed by atoms with Crippen LogP contribution >= 0.6 is 0 Å². The van der Waals surface area contributed by atoms with Crippen LogP contribution in [0.15, 0.2) is 54.6 Å². The fraction of sp³-hybridized carbons (Fsp3) is 0.150. The molecule has 3 aromatic rings. The fourth-order valence-corrected chi connectivity index (χ4v) is 3.02. The number of nitrogens with zero attached hydrogens (tertiary/aromatic N) is 2. The van der Waals surface area contributed by atoms with E-state index in [9.17, 15) is 9.59 Å². The first kappa shape index (κ1) is 15.3. The largest absolute Gasteiger partial charge is 0.473 e. The Morgan fingerprint density at radius 3 is 2.12 bits per heavy atom. The van der Waals surface area contributed by atoms with Crippen LogP contribution in [0.1, 0.15) is 45.8 Å². The van der Waals surface area contributed by atoms with E-state index in [4.69, 9.17) is 4.74 Å². The Morgan fingerprint density at radius 2 is 1.48 bits per heavy atom. The van der Waals surface area contributed by atoms with Crippen LogP contribution < -0.4 is 4.74 Å². The third-order valence-corrected chi connectivity index (χ3v) is 4.06. The van der Waals surface area contributed by atoms with Gasteiger partial charge in [0.15, 0.2) is 0 Å². The number of para-hydroxylation sites is 1. The Hall–Kier alpha value is -3.21. The second-order valence-electron chi connectivity index (χ2n) is 6.15. The van der Waals surface area contributed by atoms with Gasteiger partial charge in [0.1, 0.15) is 11.3 Å². The Kier molecular flexibility index (Phi) is 3.50. The lowest BCUT2D eigenvalue weighted by Gasteiger charge is -2.16. The van der Waals surface area contributed by atoms with E-state index in [2.05, 4.69) is 5.10 Å². The van der Waals surface area contributed by atoms with Crippen LogP contribution in [-0.4, -0.2) is 27.5 Å². The average molecular weight is 332 g/mol. The Labute approximate surface area is 144 Å². The molecule has 1 aliphatic carbocycles. The van der Waals surface area contributed by atoms with Crippen LogP contribution in [0.5, 0.6) is 5.88 Å². The molecular weight excluding hydrogens is 316 g/mol. The number of hydrogen-bond acceptors (Lipinski definition) is 4. The number of hydrogen-bond donors (Lipinski definition) is 0. The maximum atomic E-state index is 13.1. The number of carbonyl (C=O) groups is 2. The first-order valence-corrected chi connectivity index (χ1v) is 8.11. The minimum atomic E-state index is -0.233. The molecule has 1 aromatic heterocycles. The zero-order valence-corrected chi connectivity index (χ0v) is 13.9. The van der Waals surface area contributed by atoms with Crippen molar-refractivity contribution < 1.29 is 14.3 Å². The van der Waals surface area contributed by atoms with Gasteiger partial charge >= 0.3 is 0 Å². The highest BCUT2D eigenvalue weighted by atomic mass is 16.5. The van der Waals surface area contributed by atoms with Gasteiger partial charge in [0.25, 0.3) is 0 Å². The van der Waals surface area contributed by atoms with Gasteiger partial charge in [0.05, 0.1) is 11.8 Å². The molecule has 0 bridgehead atoms. The molecule has 1 heterocycles. The molecule has 0 spiro atoms. The molecule has 25 heavy (non-hydrogen) atoms. The fourth-order valence-electron chi connectivity index (χ4n) is 3.02. The summed E-state index contributed by atoms with van der Waals surface area (Å²) in [5.74, 6) is -0.259. The van der Waals surface area contributed by atoms with Gasteiger partial charge in [0.2, 0.25) is 17.4 Å². The molecule has 0 fully saturated rings. The average Bonchev–Trinajstić information content (AvgIpc) is 2.99. The molecule has 0 atom stereocenters. The number of rotatable bonds is 3. The summed E-state index contributed by atoms with van der Waals surface area (Å²) in [6.07, 6.45) is -0.164. The molecule has 124 valence electrons. The quantitative estimate of drug-likeness (QED) is 0.577. The van der Waals surface area contributed by atoms with Gasteiger partial charge in [-0.25, -0.2) is 4.68 Å². The lowest BCUT2D eigenvalue weighted by Crippen LogP contribution is -2.23. The van der Waals surface area contributed by atoms with Crippen molar-refractivity contribution in [3.05, 3.63) is 77.0 Å².